The Morgan fingerprint density at radius 3 is 2.45 bits per heavy atom. The number of likely N-dealkylation sites (N-methyl/N-ethyl adjacent to an activating group) is 1. The molecule has 2 aromatic heterocycles. The number of hydrogen-bond donors (Lipinski definition) is 4. The van der Waals surface area contributed by atoms with Crippen LogP contribution in [0, 0.1) is 12.3 Å². The van der Waals surface area contributed by atoms with E-state index in [-0.39, 0.29) is 29.3 Å². The van der Waals surface area contributed by atoms with E-state index in [1.807, 2.05) is 47.9 Å². The SMILES string of the molecule is CN[C@H](C)C(=O)N1CCC2(CCN(C(=O)[C@H](Cc3cc(C)c4[nH]ncc4c3)NC(=O)N3CCC4(CC3)OC(=O)Nc3ncccc34)C2)CC1. The Kier molecular flexibility index (Phi) is 8.67. The van der Waals surface area contributed by atoms with Crippen molar-refractivity contribution in [3.05, 3.63) is 53.3 Å². The number of nitrogens with zero attached hydrogens (tertiary/aromatic N) is 5. The van der Waals surface area contributed by atoms with E-state index in [1.54, 1.807) is 24.3 Å². The lowest BCUT2D eigenvalue weighted by Gasteiger charge is -2.43. The molecule has 7 rings (SSSR count). The molecule has 1 aromatic carbocycles. The summed E-state index contributed by atoms with van der Waals surface area (Å²) < 4.78 is 5.82. The maximum absolute atomic E-state index is 14.3. The summed E-state index contributed by atoms with van der Waals surface area (Å²) in [5.41, 5.74) is 2.82. The summed E-state index contributed by atoms with van der Waals surface area (Å²) >= 11 is 0. The van der Waals surface area contributed by atoms with E-state index in [0.29, 0.717) is 64.3 Å². The standard InChI is InChI=1S/C35H45N9O5/c1-22-17-24(18-25-20-38-41-28(22)25)19-27(31(46)44-14-8-34(21-44)6-12-42(13-7-34)30(45)23(2)36-3)39-32(47)43-15-9-35(10-16-43)26-5-4-11-37-29(26)40-33(48)49-35/h4-5,11,17-18,20,23,27,36H,6-10,12-16,19,21H2,1-3H3,(H,38,41)(H,39,47)(H,37,40,48)/t23-,27+/m1/s1. The summed E-state index contributed by atoms with van der Waals surface area (Å²) in [6, 6.07) is 6.46. The molecule has 2 spiro atoms. The highest BCUT2D eigenvalue weighted by molar-refractivity contribution is 5.89. The molecule has 0 bridgehead atoms. The highest BCUT2D eigenvalue weighted by Crippen LogP contribution is 2.43. The number of carbonyl (C=O) groups excluding carboxylic acids is 4. The smallest absolute Gasteiger partial charge is 0.413 e. The van der Waals surface area contributed by atoms with E-state index < -0.39 is 17.7 Å². The van der Waals surface area contributed by atoms with Crippen molar-refractivity contribution in [1.29, 1.82) is 0 Å². The van der Waals surface area contributed by atoms with E-state index in [1.165, 1.54) is 0 Å². The quantitative estimate of drug-likeness (QED) is 0.311. The Hall–Kier alpha value is -4.72. The number of nitrogens with one attached hydrogen (secondary N) is 4. The number of benzene rings is 1. The van der Waals surface area contributed by atoms with Gasteiger partial charge >= 0.3 is 12.1 Å². The van der Waals surface area contributed by atoms with E-state index >= 15 is 0 Å². The Balaban J connectivity index is 1.06. The summed E-state index contributed by atoms with van der Waals surface area (Å²) in [5.74, 6) is 0.498. The Bertz CT molecular complexity index is 1760. The number of fused-ring (bicyclic) bond motifs is 3. The maximum Gasteiger partial charge on any atom is 0.413 e. The number of ether oxygens (including phenoxy) is 1. The molecule has 0 unspecified atom stereocenters. The average molecular weight is 672 g/mol. The van der Waals surface area contributed by atoms with E-state index in [9.17, 15) is 19.2 Å². The van der Waals surface area contributed by atoms with Crippen LogP contribution >= 0.6 is 0 Å². The fourth-order valence-electron chi connectivity index (χ4n) is 8.13. The summed E-state index contributed by atoms with van der Waals surface area (Å²) in [5, 5.41) is 17.0. The highest BCUT2D eigenvalue weighted by atomic mass is 16.6. The first-order valence-electron chi connectivity index (χ1n) is 17.3. The second-order valence-corrected chi connectivity index (χ2v) is 14.2. The number of anilines is 1. The van der Waals surface area contributed by atoms with Gasteiger partial charge < -0.3 is 30.1 Å². The summed E-state index contributed by atoms with van der Waals surface area (Å²) in [6.45, 7) is 7.17. The molecule has 14 nitrogen and oxygen atoms in total. The maximum atomic E-state index is 14.3. The zero-order chi connectivity index (χ0) is 34.3. The molecule has 49 heavy (non-hydrogen) atoms. The lowest BCUT2D eigenvalue weighted by atomic mass is 9.77. The minimum absolute atomic E-state index is 0.0329. The summed E-state index contributed by atoms with van der Waals surface area (Å²) in [6.07, 6.45) is 6.59. The number of aryl methyl sites for hydroxylation is 1. The molecule has 0 radical (unpaired) electrons. The van der Waals surface area contributed by atoms with Crippen LogP contribution in [0.4, 0.5) is 15.4 Å². The van der Waals surface area contributed by atoms with Gasteiger partial charge in [0, 0.05) is 75.7 Å². The van der Waals surface area contributed by atoms with Crippen LogP contribution < -0.4 is 16.0 Å². The van der Waals surface area contributed by atoms with Gasteiger partial charge in [0.25, 0.3) is 0 Å². The second-order valence-electron chi connectivity index (χ2n) is 14.2. The predicted octanol–water partition coefficient (Wildman–Crippen LogP) is 2.89. The van der Waals surface area contributed by atoms with Crippen molar-refractivity contribution in [3.8, 4) is 0 Å². The fraction of sp³-hybridized carbons (Fsp3) is 0.543. The van der Waals surface area contributed by atoms with Crippen molar-refractivity contribution < 1.29 is 23.9 Å². The minimum atomic E-state index is -0.857. The van der Waals surface area contributed by atoms with Gasteiger partial charge in [-0.1, -0.05) is 6.07 Å². The highest BCUT2D eigenvalue weighted by Gasteiger charge is 2.47. The molecule has 14 heteroatoms. The van der Waals surface area contributed by atoms with Crippen molar-refractivity contribution in [2.45, 2.75) is 70.1 Å². The van der Waals surface area contributed by atoms with Gasteiger partial charge in [-0.3, -0.25) is 20.0 Å². The van der Waals surface area contributed by atoms with Gasteiger partial charge in [0.2, 0.25) is 11.8 Å². The lowest BCUT2D eigenvalue weighted by Crippen LogP contribution is -2.56. The zero-order valence-corrected chi connectivity index (χ0v) is 28.4. The van der Waals surface area contributed by atoms with Crippen molar-refractivity contribution >= 4 is 40.7 Å². The van der Waals surface area contributed by atoms with Gasteiger partial charge in [-0.2, -0.15) is 5.10 Å². The van der Waals surface area contributed by atoms with Gasteiger partial charge in [-0.15, -0.1) is 0 Å². The first-order valence-corrected chi connectivity index (χ1v) is 17.3. The molecule has 3 fully saturated rings. The molecule has 5 amide bonds. The van der Waals surface area contributed by atoms with Crippen molar-refractivity contribution in [3.63, 3.8) is 0 Å². The van der Waals surface area contributed by atoms with Crippen LogP contribution in [-0.4, -0.2) is 112 Å². The van der Waals surface area contributed by atoms with Gasteiger partial charge in [-0.25, -0.2) is 14.6 Å². The summed E-state index contributed by atoms with van der Waals surface area (Å²) in [4.78, 5) is 63.2. The summed E-state index contributed by atoms with van der Waals surface area (Å²) in [7, 11) is 1.79. The number of pyridine rings is 1. The monoisotopic (exact) mass is 671 g/mol. The average Bonchev–Trinajstić information content (AvgIpc) is 3.75. The molecule has 260 valence electrons. The second kappa shape index (κ2) is 13.0. The third-order valence-corrected chi connectivity index (χ3v) is 11.2. The molecule has 3 saturated heterocycles. The molecule has 4 N–H and O–H groups in total. The van der Waals surface area contributed by atoms with Gasteiger partial charge in [0.05, 0.1) is 17.8 Å². The number of urea groups is 1. The fourth-order valence-corrected chi connectivity index (χ4v) is 8.13. The number of aromatic nitrogens is 3. The number of aromatic amines is 1. The number of amides is 5. The van der Waals surface area contributed by atoms with Crippen LogP contribution in [0.3, 0.4) is 0 Å². The number of carbonyl (C=O) groups is 4. The van der Waals surface area contributed by atoms with Gasteiger partial charge in [-0.05, 0) is 74.9 Å². The molecule has 4 aliphatic rings. The molecule has 4 aliphatic heterocycles. The number of hydrogen-bond acceptors (Lipinski definition) is 8. The Morgan fingerprint density at radius 1 is 1.00 bits per heavy atom. The first-order chi connectivity index (χ1) is 23.6. The molecule has 6 heterocycles. The van der Waals surface area contributed by atoms with Crippen LogP contribution in [0.5, 0.6) is 0 Å². The number of H-pyrrole nitrogens is 1. The zero-order valence-electron chi connectivity index (χ0n) is 28.4. The lowest BCUT2D eigenvalue weighted by molar-refractivity contribution is -0.136. The van der Waals surface area contributed by atoms with Crippen LogP contribution in [-0.2, 0) is 26.3 Å². The van der Waals surface area contributed by atoms with E-state index in [4.69, 9.17) is 4.74 Å². The normalized spacial score (nSPS) is 20.9. The van der Waals surface area contributed by atoms with Crippen LogP contribution in [0.25, 0.3) is 10.9 Å². The van der Waals surface area contributed by atoms with E-state index in [2.05, 4.69) is 31.1 Å². The van der Waals surface area contributed by atoms with Crippen LogP contribution in [0.15, 0.2) is 36.7 Å². The van der Waals surface area contributed by atoms with Crippen LogP contribution in [0.2, 0.25) is 0 Å². The molecule has 2 atom stereocenters. The number of piperidine rings is 2. The number of rotatable bonds is 6. The topological polar surface area (TPSA) is 165 Å². The van der Waals surface area contributed by atoms with Crippen LogP contribution in [0.1, 0.15) is 55.7 Å². The minimum Gasteiger partial charge on any atom is -0.437 e. The predicted molar refractivity (Wildman–Crippen MR) is 182 cm³/mol. The Labute approximate surface area is 285 Å². The van der Waals surface area contributed by atoms with Gasteiger partial charge in [0.15, 0.2) is 0 Å². The van der Waals surface area contributed by atoms with Crippen molar-refractivity contribution in [2.75, 3.05) is 51.6 Å². The van der Waals surface area contributed by atoms with E-state index in [0.717, 1.165) is 46.9 Å². The van der Waals surface area contributed by atoms with Gasteiger partial charge in [0.1, 0.15) is 17.5 Å². The van der Waals surface area contributed by atoms with Crippen molar-refractivity contribution in [1.82, 2.24) is 40.5 Å². The molecule has 0 saturated carbocycles. The third kappa shape index (κ3) is 6.29. The third-order valence-electron chi connectivity index (χ3n) is 11.2. The first kappa shape index (κ1) is 32.8. The number of likely N-dealkylation sites (tertiary alicyclic amines) is 3. The Morgan fingerprint density at radius 2 is 1.71 bits per heavy atom. The molecule has 3 aromatic rings. The van der Waals surface area contributed by atoms with Crippen molar-refractivity contribution in [2.24, 2.45) is 5.41 Å². The molecular formula is C35H45N9O5. The largest absolute Gasteiger partial charge is 0.437 e. The molecule has 0 aliphatic carbocycles. The molecular weight excluding hydrogens is 626 g/mol.